The molecule has 2 rings (SSSR count). The van der Waals surface area contributed by atoms with Crippen LogP contribution in [0.1, 0.15) is 26.7 Å². The van der Waals surface area contributed by atoms with Crippen LogP contribution in [0.15, 0.2) is 24.7 Å². The van der Waals surface area contributed by atoms with Crippen LogP contribution in [0, 0.1) is 0 Å². The fraction of sp³-hybridized carbons (Fsp3) is 0.667. The van der Waals surface area contributed by atoms with Crippen LogP contribution in [0.25, 0.3) is 0 Å². The zero-order valence-electron chi connectivity index (χ0n) is 9.36. The Hall–Kier alpha value is -0.960. The van der Waals surface area contributed by atoms with E-state index in [0.29, 0.717) is 13.2 Å². The van der Waals surface area contributed by atoms with Gasteiger partial charge in [0.15, 0.2) is 11.2 Å². The second-order valence-electron chi connectivity index (χ2n) is 4.17. The third kappa shape index (κ3) is 1.88. The first kappa shape index (κ1) is 10.6. The lowest BCUT2D eigenvalue weighted by Gasteiger charge is -2.38. The number of hydrogen-bond acceptors (Lipinski definition) is 3. The zero-order valence-corrected chi connectivity index (χ0v) is 9.36. The van der Waals surface area contributed by atoms with Gasteiger partial charge in [-0.1, -0.05) is 13.8 Å². The second kappa shape index (κ2) is 3.89. The van der Waals surface area contributed by atoms with Crippen molar-refractivity contribution in [2.75, 3.05) is 13.2 Å². The van der Waals surface area contributed by atoms with Gasteiger partial charge in [0.2, 0.25) is 0 Å². The van der Waals surface area contributed by atoms with Crippen molar-refractivity contribution in [2.45, 2.75) is 37.9 Å². The van der Waals surface area contributed by atoms with E-state index < -0.39 is 0 Å². The van der Waals surface area contributed by atoms with Crippen LogP contribution in [0.4, 0.5) is 0 Å². The van der Waals surface area contributed by atoms with E-state index in [1.54, 1.807) is 12.5 Å². The molecule has 0 radical (unpaired) electrons. The average Bonchev–Trinajstić information content (AvgIpc) is 2.14. The van der Waals surface area contributed by atoms with E-state index in [0.717, 1.165) is 12.8 Å². The summed E-state index contributed by atoms with van der Waals surface area (Å²) in [5.74, 6) is 0. The predicted octanol–water partition coefficient (Wildman–Crippen LogP) is 2.39. The number of hydrogen-bond donors (Lipinski definition) is 0. The number of rotatable bonds is 6. The molecule has 2 aliphatic heterocycles. The summed E-state index contributed by atoms with van der Waals surface area (Å²) in [4.78, 5) is 0. The Bertz CT molecular complexity index is 257. The molecule has 0 bridgehead atoms. The van der Waals surface area contributed by atoms with Gasteiger partial charge in [-0.05, 0) is 25.0 Å². The highest BCUT2D eigenvalue weighted by Gasteiger charge is 2.36. The van der Waals surface area contributed by atoms with Crippen molar-refractivity contribution in [1.82, 2.24) is 0 Å². The van der Waals surface area contributed by atoms with Gasteiger partial charge in [0.05, 0.1) is 25.7 Å². The molecule has 0 amide bonds. The topological polar surface area (TPSA) is 27.7 Å². The van der Waals surface area contributed by atoms with Crippen LogP contribution >= 0.6 is 0 Å². The fourth-order valence-electron chi connectivity index (χ4n) is 1.69. The van der Waals surface area contributed by atoms with Crippen LogP contribution in [0.5, 0.6) is 0 Å². The maximum absolute atomic E-state index is 5.68. The minimum atomic E-state index is -0.178. The van der Waals surface area contributed by atoms with Crippen LogP contribution in [0.2, 0.25) is 0 Å². The van der Waals surface area contributed by atoms with E-state index in [4.69, 9.17) is 14.2 Å². The highest BCUT2D eigenvalue weighted by molar-refractivity contribution is 5.10. The van der Waals surface area contributed by atoms with Crippen LogP contribution in [-0.2, 0) is 14.2 Å². The summed E-state index contributed by atoms with van der Waals surface area (Å²) < 4.78 is 16.5. The highest BCUT2D eigenvalue weighted by atomic mass is 16.6. The molecule has 2 aliphatic rings. The molecule has 0 aromatic heterocycles. The molecule has 0 fully saturated rings. The molecule has 0 aromatic rings. The molecule has 2 unspecified atom stereocenters. The van der Waals surface area contributed by atoms with Crippen molar-refractivity contribution in [3.63, 3.8) is 0 Å². The van der Waals surface area contributed by atoms with Gasteiger partial charge < -0.3 is 14.2 Å². The Morgan fingerprint density at radius 2 is 1.33 bits per heavy atom. The number of ether oxygens (including phenoxy) is 3. The van der Waals surface area contributed by atoms with Crippen molar-refractivity contribution in [3.8, 4) is 0 Å². The maximum atomic E-state index is 5.68. The van der Waals surface area contributed by atoms with Gasteiger partial charge in [0.25, 0.3) is 0 Å². The van der Waals surface area contributed by atoms with Crippen molar-refractivity contribution in [2.24, 2.45) is 0 Å². The first-order chi connectivity index (χ1) is 7.24. The zero-order chi connectivity index (χ0) is 10.8. The van der Waals surface area contributed by atoms with Crippen LogP contribution in [-0.4, -0.2) is 24.4 Å². The van der Waals surface area contributed by atoms with E-state index in [1.807, 2.05) is 0 Å². The van der Waals surface area contributed by atoms with Crippen molar-refractivity contribution in [1.29, 1.82) is 0 Å². The molecular weight excluding hydrogens is 192 g/mol. The summed E-state index contributed by atoms with van der Waals surface area (Å²) in [7, 11) is 0. The molecule has 0 saturated heterocycles. The Balaban J connectivity index is 1.75. The summed E-state index contributed by atoms with van der Waals surface area (Å²) in [6.45, 7) is 5.42. The van der Waals surface area contributed by atoms with Gasteiger partial charge in [-0.25, -0.2) is 0 Å². The molecule has 15 heavy (non-hydrogen) atoms. The third-order valence-electron chi connectivity index (χ3n) is 3.24. The van der Waals surface area contributed by atoms with Crippen molar-refractivity contribution >= 4 is 0 Å². The lowest BCUT2D eigenvalue weighted by atomic mass is 9.97. The summed E-state index contributed by atoms with van der Waals surface area (Å²) in [5.41, 5.74) is -0.356. The molecular formula is C12H18O3. The Kier molecular flexibility index (Phi) is 2.74. The van der Waals surface area contributed by atoms with E-state index in [-0.39, 0.29) is 11.2 Å². The maximum Gasteiger partial charge on any atom is 0.152 e. The smallest absolute Gasteiger partial charge is 0.152 e. The van der Waals surface area contributed by atoms with E-state index >= 15 is 0 Å². The van der Waals surface area contributed by atoms with Crippen molar-refractivity contribution < 1.29 is 14.2 Å². The molecule has 0 saturated carbocycles. The second-order valence-corrected chi connectivity index (χ2v) is 4.17. The van der Waals surface area contributed by atoms with Gasteiger partial charge in [-0.15, -0.1) is 0 Å². The SMILES string of the molecule is CCC1(COCC2(CC)C=CO2)C=CO1. The lowest BCUT2D eigenvalue weighted by molar-refractivity contribution is -0.101. The molecule has 0 aliphatic carbocycles. The lowest BCUT2D eigenvalue weighted by Crippen LogP contribution is -2.43. The van der Waals surface area contributed by atoms with Crippen molar-refractivity contribution in [3.05, 3.63) is 24.7 Å². The third-order valence-corrected chi connectivity index (χ3v) is 3.24. The van der Waals surface area contributed by atoms with Gasteiger partial charge in [0, 0.05) is 0 Å². The first-order valence-electron chi connectivity index (χ1n) is 5.53. The average molecular weight is 210 g/mol. The summed E-state index contributed by atoms with van der Waals surface area (Å²) in [6, 6.07) is 0. The van der Waals surface area contributed by atoms with Gasteiger partial charge in [-0.2, -0.15) is 0 Å². The minimum Gasteiger partial charge on any atom is -0.488 e. The van der Waals surface area contributed by atoms with E-state index in [1.165, 1.54) is 0 Å². The highest BCUT2D eigenvalue weighted by Crippen LogP contribution is 2.30. The predicted molar refractivity (Wildman–Crippen MR) is 57.3 cm³/mol. The molecule has 3 nitrogen and oxygen atoms in total. The van der Waals surface area contributed by atoms with Gasteiger partial charge in [-0.3, -0.25) is 0 Å². The molecule has 84 valence electrons. The largest absolute Gasteiger partial charge is 0.488 e. The molecule has 0 spiro atoms. The molecule has 0 N–H and O–H groups in total. The molecule has 3 heteroatoms. The minimum absolute atomic E-state index is 0.178. The first-order valence-corrected chi connectivity index (χ1v) is 5.53. The van der Waals surface area contributed by atoms with E-state index in [9.17, 15) is 0 Å². The standard InChI is InChI=1S/C12H18O3/c1-3-11(5-7-14-11)9-13-10-12(4-2)6-8-15-12/h5-8H,3-4,9-10H2,1-2H3. The van der Waals surface area contributed by atoms with Crippen LogP contribution in [0.3, 0.4) is 0 Å². The Labute approximate surface area is 90.7 Å². The molecule has 0 aromatic carbocycles. The summed E-state index contributed by atoms with van der Waals surface area (Å²) >= 11 is 0. The Morgan fingerprint density at radius 1 is 0.933 bits per heavy atom. The fourth-order valence-corrected chi connectivity index (χ4v) is 1.69. The van der Waals surface area contributed by atoms with Crippen LogP contribution < -0.4 is 0 Å². The normalized spacial score (nSPS) is 36.4. The molecule has 2 heterocycles. The summed E-state index contributed by atoms with van der Waals surface area (Å²) in [5, 5.41) is 0. The van der Waals surface area contributed by atoms with Gasteiger partial charge in [0.1, 0.15) is 0 Å². The summed E-state index contributed by atoms with van der Waals surface area (Å²) in [6.07, 6.45) is 9.45. The van der Waals surface area contributed by atoms with Gasteiger partial charge >= 0.3 is 0 Å². The molecule has 2 atom stereocenters. The quantitative estimate of drug-likeness (QED) is 0.673. The van der Waals surface area contributed by atoms with E-state index in [2.05, 4.69) is 26.0 Å². The monoisotopic (exact) mass is 210 g/mol. The Morgan fingerprint density at radius 3 is 1.53 bits per heavy atom.